The smallest absolute Gasteiger partial charge is 0.138 e. The highest BCUT2D eigenvalue weighted by Gasteiger charge is 2.29. The van der Waals surface area contributed by atoms with Gasteiger partial charge in [0, 0.05) is 35.1 Å². The van der Waals surface area contributed by atoms with Crippen LogP contribution in [0.2, 0.25) is 0 Å². The minimum atomic E-state index is 0.476. The lowest BCUT2D eigenvalue weighted by molar-refractivity contribution is 0.314. The van der Waals surface area contributed by atoms with Gasteiger partial charge in [0.1, 0.15) is 5.65 Å². The second-order valence-corrected chi connectivity index (χ2v) is 6.12. The fraction of sp³-hybridized carbons (Fsp3) is 0.353. The summed E-state index contributed by atoms with van der Waals surface area (Å²) in [6.45, 7) is 1.87. The van der Waals surface area contributed by atoms with Crippen LogP contribution >= 0.6 is 0 Å². The van der Waals surface area contributed by atoms with E-state index in [4.69, 9.17) is 5.73 Å². The van der Waals surface area contributed by atoms with E-state index in [1.165, 1.54) is 16.3 Å². The first-order valence-corrected chi connectivity index (χ1v) is 7.53. The topological polar surface area (TPSA) is 57.9 Å². The summed E-state index contributed by atoms with van der Waals surface area (Å²) < 4.78 is 0. The third-order valence-electron chi connectivity index (χ3n) is 4.75. The van der Waals surface area contributed by atoms with Crippen LogP contribution in [0, 0.1) is 5.92 Å². The number of aromatic amines is 1. The third kappa shape index (κ3) is 2.03. The first-order chi connectivity index (χ1) is 10.3. The standard InChI is InChI=1S/C17H20N4/c1-21-10-11(9-18)7-16(21)12-4-5-15-14(8-12)13-3-2-6-19-17(13)20-15/h2-6,8,11,16H,7,9-10,18H2,1H3,(H,19,20). The van der Waals surface area contributed by atoms with Crippen LogP contribution < -0.4 is 5.73 Å². The molecular formula is C17H20N4. The van der Waals surface area contributed by atoms with Crippen molar-refractivity contribution in [3.05, 3.63) is 42.1 Å². The predicted octanol–water partition coefficient (Wildman–Crippen LogP) is 2.67. The molecule has 0 bridgehead atoms. The van der Waals surface area contributed by atoms with Gasteiger partial charge in [-0.15, -0.1) is 0 Å². The highest BCUT2D eigenvalue weighted by atomic mass is 15.2. The molecule has 0 amide bonds. The molecule has 3 aromatic rings. The van der Waals surface area contributed by atoms with Gasteiger partial charge in [0.2, 0.25) is 0 Å². The summed E-state index contributed by atoms with van der Waals surface area (Å²) in [6.07, 6.45) is 2.98. The zero-order valence-electron chi connectivity index (χ0n) is 12.2. The van der Waals surface area contributed by atoms with E-state index in [0.717, 1.165) is 30.7 Å². The lowest BCUT2D eigenvalue weighted by Crippen LogP contribution is -2.20. The number of nitrogens with two attached hydrogens (primary N) is 1. The maximum Gasteiger partial charge on any atom is 0.138 e. The van der Waals surface area contributed by atoms with Gasteiger partial charge in [-0.25, -0.2) is 4.98 Å². The highest BCUT2D eigenvalue weighted by Crippen LogP contribution is 2.36. The lowest BCUT2D eigenvalue weighted by atomic mass is 9.98. The Hall–Kier alpha value is -1.91. The zero-order chi connectivity index (χ0) is 14.4. The van der Waals surface area contributed by atoms with Crippen LogP contribution in [-0.2, 0) is 0 Å². The molecular weight excluding hydrogens is 260 g/mol. The maximum absolute atomic E-state index is 5.84. The monoisotopic (exact) mass is 280 g/mol. The second-order valence-electron chi connectivity index (χ2n) is 6.12. The minimum Gasteiger partial charge on any atom is -0.339 e. The maximum atomic E-state index is 5.84. The summed E-state index contributed by atoms with van der Waals surface area (Å²) in [5, 5.41) is 2.46. The number of nitrogens with one attached hydrogen (secondary N) is 1. The largest absolute Gasteiger partial charge is 0.339 e. The molecule has 1 aliphatic rings. The van der Waals surface area contributed by atoms with Crippen molar-refractivity contribution >= 4 is 21.9 Å². The quantitative estimate of drug-likeness (QED) is 0.758. The van der Waals surface area contributed by atoms with Crippen molar-refractivity contribution < 1.29 is 0 Å². The summed E-state index contributed by atoms with van der Waals surface area (Å²) >= 11 is 0. The number of hydrogen-bond donors (Lipinski definition) is 2. The zero-order valence-corrected chi connectivity index (χ0v) is 12.2. The van der Waals surface area contributed by atoms with Gasteiger partial charge in [0.05, 0.1) is 0 Å². The van der Waals surface area contributed by atoms with Crippen molar-refractivity contribution in [2.75, 3.05) is 20.1 Å². The molecule has 0 aliphatic carbocycles. The van der Waals surface area contributed by atoms with E-state index in [2.05, 4.69) is 46.2 Å². The molecule has 108 valence electrons. The van der Waals surface area contributed by atoms with E-state index < -0.39 is 0 Å². The first kappa shape index (κ1) is 12.8. The van der Waals surface area contributed by atoms with Crippen LogP contribution in [0.15, 0.2) is 36.5 Å². The number of likely N-dealkylation sites (tertiary alicyclic amines) is 1. The molecule has 1 aliphatic heterocycles. The number of pyridine rings is 1. The molecule has 1 aromatic carbocycles. The van der Waals surface area contributed by atoms with Crippen LogP contribution in [-0.4, -0.2) is 35.0 Å². The van der Waals surface area contributed by atoms with Gasteiger partial charge in [-0.1, -0.05) is 6.07 Å². The van der Waals surface area contributed by atoms with Gasteiger partial charge in [0.15, 0.2) is 0 Å². The molecule has 2 aromatic heterocycles. The number of rotatable bonds is 2. The number of hydrogen-bond acceptors (Lipinski definition) is 3. The molecule has 21 heavy (non-hydrogen) atoms. The molecule has 0 radical (unpaired) electrons. The van der Waals surface area contributed by atoms with Gasteiger partial charge >= 0.3 is 0 Å². The van der Waals surface area contributed by atoms with Gasteiger partial charge in [0.25, 0.3) is 0 Å². The molecule has 1 fully saturated rings. The molecule has 4 heteroatoms. The SMILES string of the molecule is CN1CC(CN)CC1c1ccc2[nH]c3ncccc3c2c1. The molecule has 1 saturated heterocycles. The Morgan fingerprint density at radius 3 is 3.05 bits per heavy atom. The summed E-state index contributed by atoms with van der Waals surface area (Å²) in [7, 11) is 2.20. The van der Waals surface area contributed by atoms with Crippen LogP contribution in [0.3, 0.4) is 0 Å². The number of benzene rings is 1. The van der Waals surface area contributed by atoms with Crippen molar-refractivity contribution in [3.63, 3.8) is 0 Å². The fourth-order valence-corrected chi connectivity index (χ4v) is 3.62. The molecule has 4 nitrogen and oxygen atoms in total. The average molecular weight is 280 g/mol. The Labute approximate surface area is 124 Å². The second kappa shape index (κ2) is 4.83. The minimum absolute atomic E-state index is 0.476. The number of H-pyrrole nitrogens is 1. The van der Waals surface area contributed by atoms with E-state index in [-0.39, 0.29) is 0 Å². The molecule has 0 saturated carbocycles. The Morgan fingerprint density at radius 1 is 1.33 bits per heavy atom. The highest BCUT2D eigenvalue weighted by molar-refractivity contribution is 6.05. The summed E-state index contributed by atoms with van der Waals surface area (Å²) in [4.78, 5) is 10.2. The van der Waals surface area contributed by atoms with Crippen LogP contribution in [0.25, 0.3) is 21.9 Å². The lowest BCUT2D eigenvalue weighted by Gasteiger charge is -2.19. The Morgan fingerprint density at radius 2 is 2.24 bits per heavy atom. The van der Waals surface area contributed by atoms with Crippen molar-refractivity contribution in [1.82, 2.24) is 14.9 Å². The van der Waals surface area contributed by atoms with Crippen LogP contribution in [0.5, 0.6) is 0 Å². The Bertz CT molecular complexity index is 792. The third-order valence-corrected chi connectivity index (χ3v) is 4.75. The molecule has 3 N–H and O–H groups in total. The summed E-state index contributed by atoms with van der Waals surface area (Å²) in [5.74, 6) is 0.611. The van der Waals surface area contributed by atoms with Gasteiger partial charge < -0.3 is 10.7 Å². The van der Waals surface area contributed by atoms with Crippen molar-refractivity contribution in [2.45, 2.75) is 12.5 Å². The van der Waals surface area contributed by atoms with E-state index in [0.29, 0.717) is 12.0 Å². The van der Waals surface area contributed by atoms with E-state index in [9.17, 15) is 0 Å². The average Bonchev–Trinajstić information content (AvgIpc) is 3.07. The Kier molecular flexibility index (Phi) is 2.94. The van der Waals surface area contributed by atoms with Gasteiger partial charge in [-0.2, -0.15) is 0 Å². The van der Waals surface area contributed by atoms with Gasteiger partial charge in [-0.05, 0) is 55.8 Å². The van der Waals surface area contributed by atoms with Crippen molar-refractivity contribution in [1.29, 1.82) is 0 Å². The molecule has 2 atom stereocenters. The van der Waals surface area contributed by atoms with E-state index in [1.54, 1.807) is 0 Å². The molecule has 4 rings (SSSR count). The number of nitrogens with zero attached hydrogens (tertiary/aromatic N) is 2. The first-order valence-electron chi connectivity index (χ1n) is 7.53. The summed E-state index contributed by atoms with van der Waals surface area (Å²) in [6, 6.07) is 11.3. The number of fused-ring (bicyclic) bond motifs is 3. The van der Waals surface area contributed by atoms with E-state index >= 15 is 0 Å². The van der Waals surface area contributed by atoms with Crippen molar-refractivity contribution in [3.8, 4) is 0 Å². The molecule has 3 heterocycles. The molecule has 2 unspecified atom stereocenters. The number of aromatic nitrogens is 2. The van der Waals surface area contributed by atoms with Crippen LogP contribution in [0.4, 0.5) is 0 Å². The normalized spacial score (nSPS) is 23.3. The molecule has 0 spiro atoms. The summed E-state index contributed by atoms with van der Waals surface area (Å²) in [5.41, 5.74) is 9.34. The van der Waals surface area contributed by atoms with Crippen LogP contribution in [0.1, 0.15) is 18.0 Å². The van der Waals surface area contributed by atoms with Crippen molar-refractivity contribution in [2.24, 2.45) is 11.7 Å². The predicted molar refractivity (Wildman–Crippen MR) is 86.1 cm³/mol. The van der Waals surface area contributed by atoms with Gasteiger partial charge in [-0.3, -0.25) is 4.90 Å². The fourth-order valence-electron chi connectivity index (χ4n) is 3.62. The van der Waals surface area contributed by atoms with E-state index in [1.807, 2.05) is 12.3 Å². The Balaban J connectivity index is 1.81.